The van der Waals surface area contributed by atoms with Crippen molar-refractivity contribution in [3.05, 3.63) is 29.3 Å². The van der Waals surface area contributed by atoms with E-state index in [0.29, 0.717) is 10.8 Å². The molecule has 0 saturated carbocycles. The monoisotopic (exact) mass is 238 g/mol. The molecule has 0 heterocycles. The highest BCUT2D eigenvalue weighted by Gasteiger charge is 2.13. The van der Waals surface area contributed by atoms with Gasteiger partial charge < -0.3 is 4.74 Å². The fourth-order valence-corrected chi connectivity index (χ4v) is 1.03. The Kier molecular flexibility index (Phi) is 3.85. The summed E-state index contributed by atoms with van der Waals surface area (Å²) < 4.78 is 4.96. The van der Waals surface area contributed by atoms with Gasteiger partial charge in [0.15, 0.2) is 0 Å². The number of carbonyl (C=O) groups is 1. The Hall–Kier alpha value is -0.440. The first-order chi connectivity index (χ1) is 6.09. The molecule has 0 aliphatic carbocycles. The molecule has 13 heavy (non-hydrogen) atoms. The van der Waals surface area contributed by atoms with Gasteiger partial charge in [-0.2, -0.15) is 0 Å². The lowest BCUT2D eigenvalue weighted by Crippen LogP contribution is -2.15. The maximum Gasteiger partial charge on any atom is 0.278 e. The van der Waals surface area contributed by atoms with Crippen LogP contribution in [0.25, 0.3) is 0 Å². The molecule has 1 aromatic rings. The number of carbonyl (C=O) groups excluding carboxylic acids is 1. The molecular weight excluding hydrogens is 234 g/mol. The summed E-state index contributed by atoms with van der Waals surface area (Å²) in [4.78, 5) is 10.5. The molecule has 0 aliphatic rings. The van der Waals surface area contributed by atoms with Crippen molar-refractivity contribution in [2.45, 2.75) is 5.56 Å². The summed E-state index contributed by atoms with van der Waals surface area (Å²) in [5.74, 6) is 0.404. The van der Waals surface area contributed by atoms with Crippen molar-refractivity contribution < 1.29 is 9.53 Å². The minimum absolute atomic E-state index is 0.404. The molecule has 0 aliphatic heterocycles. The summed E-state index contributed by atoms with van der Waals surface area (Å²) in [7, 11) is 0. The fraction of sp³-hybridized carbons (Fsp3) is 0.125. The summed E-state index contributed by atoms with van der Waals surface area (Å²) in [5.41, 5.74) is -1.18. The number of rotatable bonds is 3. The van der Waals surface area contributed by atoms with Crippen LogP contribution in [-0.4, -0.2) is 10.8 Å². The largest absolute Gasteiger partial charge is 0.466 e. The van der Waals surface area contributed by atoms with E-state index in [1.165, 1.54) is 6.07 Å². The van der Waals surface area contributed by atoms with Gasteiger partial charge in [-0.1, -0.05) is 29.3 Å². The van der Waals surface area contributed by atoms with Crippen LogP contribution in [-0.2, 0) is 4.79 Å². The van der Waals surface area contributed by atoms with Crippen LogP contribution in [0.3, 0.4) is 0 Å². The van der Waals surface area contributed by atoms with Gasteiger partial charge in [-0.05, 0) is 29.8 Å². The molecule has 0 saturated heterocycles. The first kappa shape index (κ1) is 10.6. The molecular formula is C8H5Cl3O2. The first-order valence-corrected chi connectivity index (χ1v) is 4.54. The van der Waals surface area contributed by atoms with E-state index in [-0.39, 0.29) is 0 Å². The Morgan fingerprint density at radius 2 is 2.15 bits per heavy atom. The Labute approximate surface area is 90.3 Å². The Morgan fingerprint density at radius 3 is 2.69 bits per heavy atom. The molecule has 1 rings (SSSR count). The van der Waals surface area contributed by atoms with Crippen molar-refractivity contribution in [3.63, 3.8) is 0 Å². The highest BCUT2D eigenvalue weighted by molar-refractivity contribution is 6.68. The number of benzene rings is 1. The van der Waals surface area contributed by atoms with Crippen LogP contribution in [0, 0.1) is 0 Å². The molecule has 0 spiro atoms. The lowest BCUT2D eigenvalue weighted by atomic mass is 10.3. The molecule has 0 bridgehead atoms. The first-order valence-electron chi connectivity index (χ1n) is 3.35. The second-order valence-corrected chi connectivity index (χ2v) is 3.40. The SMILES string of the molecule is O=C(Cl)C(Cl)Oc1cccc(Cl)c1. The molecule has 0 aromatic heterocycles. The van der Waals surface area contributed by atoms with E-state index >= 15 is 0 Å². The number of ether oxygens (including phenoxy) is 1. The predicted octanol–water partition coefficient (Wildman–Crippen LogP) is 3.05. The summed E-state index contributed by atoms with van der Waals surface area (Å²) in [6.45, 7) is 0. The van der Waals surface area contributed by atoms with Gasteiger partial charge in [0.2, 0.25) is 5.56 Å². The minimum Gasteiger partial charge on any atom is -0.466 e. The topological polar surface area (TPSA) is 26.3 Å². The van der Waals surface area contributed by atoms with E-state index in [2.05, 4.69) is 0 Å². The van der Waals surface area contributed by atoms with Crippen LogP contribution >= 0.6 is 34.8 Å². The molecule has 70 valence electrons. The highest BCUT2D eigenvalue weighted by atomic mass is 35.5. The van der Waals surface area contributed by atoms with Crippen molar-refractivity contribution >= 4 is 40.0 Å². The molecule has 0 radical (unpaired) electrons. The van der Waals surface area contributed by atoms with Crippen molar-refractivity contribution in [1.82, 2.24) is 0 Å². The van der Waals surface area contributed by atoms with Crippen LogP contribution in [0.15, 0.2) is 24.3 Å². The van der Waals surface area contributed by atoms with E-state index in [1.54, 1.807) is 18.2 Å². The third-order valence-corrected chi connectivity index (χ3v) is 2.05. The number of alkyl halides is 1. The van der Waals surface area contributed by atoms with Gasteiger partial charge in [-0.25, -0.2) is 0 Å². The summed E-state index contributed by atoms with van der Waals surface area (Å²) in [6.07, 6.45) is 0. The Bertz CT molecular complexity index is 314. The Balaban J connectivity index is 2.69. The molecule has 2 nitrogen and oxygen atoms in total. The van der Waals surface area contributed by atoms with Crippen molar-refractivity contribution in [1.29, 1.82) is 0 Å². The predicted molar refractivity (Wildman–Crippen MR) is 52.6 cm³/mol. The van der Waals surface area contributed by atoms with Crippen molar-refractivity contribution in [3.8, 4) is 5.75 Å². The summed E-state index contributed by atoms with van der Waals surface area (Å²) in [5, 5.41) is -0.259. The summed E-state index contributed by atoms with van der Waals surface area (Å²) in [6, 6.07) is 6.53. The van der Waals surface area contributed by atoms with Crippen LogP contribution in [0.1, 0.15) is 0 Å². The molecule has 0 amide bonds. The van der Waals surface area contributed by atoms with E-state index in [9.17, 15) is 4.79 Å². The third-order valence-electron chi connectivity index (χ3n) is 1.21. The molecule has 1 atom stereocenters. The summed E-state index contributed by atoms with van der Waals surface area (Å²) >= 11 is 16.2. The maximum atomic E-state index is 10.5. The quantitative estimate of drug-likeness (QED) is 0.598. The number of halogens is 3. The average Bonchev–Trinajstić information content (AvgIpc) is 2.04. The minimum atomic E-state index is -1.18. The van der Waals surface area contributed by atoms with Crippen molar-refractivity contribution in [2.24, 2.45) is 0 Å². The van der Waals surface area contributed by atoms with E-state index in [1.807, 2.05) is 0 Å². The average molecular weight is 239 g/mol. The molecule has 0 N–H and O–H groups in total. The van der Waals surface area contributed by atoms with Gasteiger partial charge >= 0.3 is 0 Å². The molecule has 5 heteroatoms. The standard InChI is InChI=1S/C8H5Cl3O2/c9-5-2-1-3-6(4-5)13-8(11)7(10)12/h1-4,8H. The lowest BCUT2D eigenvalue weighted by molar-refractivity contribution is -0.114. The third kappa shape index (κ3) is 3.43. The van der Waals surface area contributed by atoms with Gasteiger partial charge in [0.25, 0.3) is 5.24 Å². The lowest BCUT2D eigenvalue weighted by Gasteiger charge is -2.07. The van der Waals surface area contributed by atoms with Gasteiger partial charge in [-0.15, -0.1) is 0 Å². The maximum absolute atomic E-state index is 10.5. The zero-order valence-corrected chi connectivity index (χ0v) is 8.60. The Morgan fingerprint density at radius 1 is 1.46 bits per heavy atom. The second kappa shape index (κ2) is 4.70. The molecule has 0 fully saturated rings. The zero-order valence-electron chi connectivity index (χ0n) is 6.34. The van der Waals surface area contributed by atoms with E-state index in [0.717, 1.165) is 0 Å². The highest BCUT2D eigenvalue weighted by Crippen LogP contribution is 2.19. The fourth-order valence-electron chi connectivity index (χ4n) is 0.706. The smallest absolute Gasteiger partial charge is 0.278 e. The zero-order chi connectivity index (χ0) is 9.84. The van der Waals surface area contributed by atoms with Crippen molar-refractivity contribution in [2.75, 3.05) is 0 Å². The van der Waals surface area contributed by atoms with Crippen LogP contribution < -0.4 is 4.74 Å². The molecule has 1 aromatic carbocycles. The van der Waals surface area contributed by atoms with Gasteiger partial charge in [0.1, 0.15) is 5.75 Å². The van der Waals surface area contributed by atoms with Gasteiger partial charge in [0.05, 0.1) is 0 Å². The second-order valence-electron chi connectivity index (χ2n) is 2.20. The van der Waals surface area contributed by atoms with Crippen LogP contribution in [0.2, 0.25) is 5.02 Å². The van der Waals surface area contributed by atoms with E-state index in [4.69, 9.17) is 39.5 Å². The number of hydrogen-bond acceptors (Lipinski definition) is 2. The normalized spacial score (nSPS) is 12.2. The molecule has 1 unspecified atom stereocenters. The van der Waals surface area contributed by atoms with Gasteiger partial charge in [-0.3, -0.25) is 4.79 Å². The number of hydrogen-bond donors (Lipinski definition) is 0. The van der Waals surface area contributed by atoms with Crippen LogP contribution in [0.4, 0.5) is 0 Å². The van der Waals surface area contributed by atoms with Gasteiger partial charge in [0, 0.05) is 5.02 Å². The van der Waals surface area contributed by atoms with E-state index < -0.39 is 10.8 Å². The van der Waals surface area contributed by atoms with Crippen LogP contribution in [0.5, 0.6) is 5.75 Å².